The Bertz CT molecular complexity index is 3650. The second-order valence-electron chi connectivity index (χ2n) is 29.8. The molecule has 0 bridgehead atoms. The summed E-state index contributed by atoms with van der Waals surface area (Å²) in [5, 5.41) is 7.75. The summed E-state index contributed by atoms with van der Waals surface area (Å²) in [6.07, 6.45) is -14.0. The summed E-state index contributed by atoms with van der Waals surface area (Å²) in [6, 6.07) is -10.5. The van der Waals surface area contributed by atoms with Crippen molar-refractivity contribution in [2.24, 2.45) is 17.8 Å². The zero-order valence-corrected chi connectivity index (χ0v) is 63.1. The van der Waals surface area contributed by atoms with E-state index >= 15 is 41.5 Å². The molecule has 0 aromatic heterocycles. The molecule has 2 aromatic carbocycles. The molecule has 0 unspecified atom stereocenters. The van der Waals surface area contributed by atoms with Crippen molar-refractivity contribution in [3.8, 4) is 0 Å². The topological polar surface area (TPSA) is 279 Å². The predicted molar refractivity (Wildman–Crippen MR) is 370 cm³/mol. The fourth-order valence-corrected chi connectivity index (χ4v) is 14.7. The second kappa shape index (κ2) is 35.4. The highest BCUT2D eigenvalue weighted by atomic mass is 19.4. The van der Waals surface area contributed by atoms with Crippen molar-refractivity contribution in [3.05, 3.63) is 70.3 Å². The van der Waals surface area contributed by atoms with Crippen LogP contribution in [0.15, 0.2) is 36.4 Å². The van der Waals surface area contributed by atoms with Gasteiger partial charge in [0.25, 0.3) is 5.92 Å². The van der Waals surface area contributed by atoms with E-state index in [1.165, 1.54) is 40.0 Å². The third-order valence-electron chi connectivity index (χ3n) is 21.9. The predicted octanol–water partition coefficient (Wildman–Crippen LogP) is 5.43. The summed E-state index contributed by atoms with van der Waals surface area (Å²) in [5.74, 6) is -21.4. The van der Waals surface area contributed by atoms with Crippen molar-refractivity contribution in [2.45, 2.75) is 210 Å². The van der Waals surface area contributed by atoms with Gasteiger partial charge in [0.1, 0.15) is 77.1 Å². The van der Waals surface area contributed by atoms with Gasteiger partial charge in [-0.1, -0.05) is 79.4 Å². The van der Waals surface area contributed by atoms with Gasteiger partial charge in [-0.2, -0.15) is 26.3 Å². The van der Waals surface area contributed by atoms with Gasteiger partial charge < -0.3 is 64.8 Å². The molecule has 1 aliphatic carbocycles. The summed E-state index contributed by atoms with van der Waals surface area (Å²) in [4.78, 5) is 189. The highest BCUT2D eigenvalue weighted by Gasteiger charge is 2.56. The van der Waals surface area contributed by atoms with E-state index < -0.39 is 234 Å². The van der Waals surface area contributed by atoms with Crippen molar-refractivity contribution in [1.29, 1.82) is 0 Å². The molecule has 4 aliphatic heterocycles. The van der Waals surface area contributed by atoms with Crippen LogP contribution >= 0.6 is 0 Å². The number of fused-ring (bicyclic) bond motifs is 2. The van der Waals surface area contributed by atoms with E-state index in [0.717, 1.165) is 60.5 Å². The minimum Gasteiger partial charge on any atom is -0.378 e. The average Bonchev–Trinajstić information content (AvgIpc) is 1.49. The molecular formula is C73H100F10N12O13. The molecule has 25 nitrogen and oxygen atoms in total. The summed E-state index contributed by atoms with van der Waals surface area (Å²) in [5.41, 5.74) is -5.83. The van der Waals surface area contributed by atoms with Gasteiger partial charge in [0.2, 0.25) is 70.9 Å². The highest BCUT2D eigenvalue weighted by Crippen LogP contribution is 2.39. The average molecular weight is 1540 g/mol. The third kappa shape index (κ3) is 19.8. The normalized spacial score (nSPS) is 26.5. The Labute approximate surface area is 621 Å². The summed E-state index contributed by atoms with van der Waals surface area (Å²) >= 11 is 0. The minimum atomic E-state index is -5.52. The number of nitrogens with zero attached hydrogens (tertiary/aromatic N) is 9. The van der Waals surface area contributed by atoms with Crippen molar-refractivity contribution in [3.63, 3.8) is 0 Å². The van der Waals surface area contributed by atoms with Crippen molar-refractivity contribution in [1.82, 2.24) is 60.0 Å². The Hall–Kier alpha value is -8.66. The molecule has 12 amide bonds. The maximum Gasteiger partial charge on any atom is 0.422 e. The van der Waals surface area contributed by atoms with E-state index in [1.54, 1.807) is 41.5 Å². The first-order chi connectivity index (χ1) is 50.3. The lowest BCUT2D eigenvalue weighted by atomic mass is 9.90. The lowest BCUT2D eigenvalue weighted by Gasteiger charge is -2.45. The lowest BCUT2D eigenvalue weighted by Crippen LogP contribution is -2.65. The zero-order valence-electron chi connectivity index (χ0n) is 63.1. The SMILES string of the molecule is CC[C@H](C)[C@@H]1NC(=O)[C@H](CC(C)C)N(C)C(=O)C[C@@H](C(=O)N2CCOCC2)N(C)C(=O)[C@H]([C@@H](C)CC)N(C)C(=O)C2(CCCC2)NC(=O)[C@@H]2CC(F)(F)CN2C(=O)[C@H](CCc2cc(F)c(C(F)(F)F)c(F)c2)NC(=O)CN(C)C(=O)[C@H](Cc2ccc(C(F)(F)F)cc2)N(C)C(=O)[C@@H]2CCN2C(=O)[C@H](C)N(C)C1=O. The smallest absolute Gasteiger partial charge is 0.378 e. The Morgan fingerprint density at radius 2 is 1.23 bits per heavy atom. The Morgan fingerprint density at radius 1 is 0.639 bits per heavy atom. The van der Waals surface area contributed by atoms with Crippen LogP contribution < -0.4 is 16.0 Å². The number of carbonyl (C=O) groups excluding carboxylic acids is 12. The number of nitrogens with one attached hydrogen (secondary N) is 3. The summed E-state index contributed by atoms with van der Waals surface area (Å²) in [6.45, 7) is 9.24. The van der Waals surface area contributed by atoms with Crippen LogP contribution in [0.4, 0.5) is 43.9 Å². The van der Waals surface area contributed by atoms with Crippen LogP contribution in [0.1, 0.15) is 141 Å². The van der Waals surface area contributed by atoms with Crippen LogP contribution in [0.3, 0.4) is 0 Å². The number of likely N-dealkylation sites (N-methyl/N-ethyl adjacent to an activating group) is 6. The fourth-order valence-electron chi connectivity index (χ4n) is 14.7. The van der Waals surface area contributed by atoms with Gasteiger partial charge >= 0.3 is 12.4 Å². The van der Waals surface area contributed by atoms with E-state index in [4.69, 9.17) is 4.74 Å². The molecule has 35 heteroatoms. The molecule has 4 saturated heterocycles. The highest BCUT2D eigenvalue weighted by molar-refractivity contribution is 6.01. The molecule has 108 heavy (non-hydrogen) atoms. The maximum atomic E-state index is 16.1. The van der Waals surface area contributed by atoms with Crippen LogP contribution in [0.2, 0.25) is 0 Å². The second-order valence-corrected chi connectivity index (χ2v) is 29.8. The number of morpholine rings is 1. The van der Waals surface area contributed by atoms with E-state index in [2.05, 4.69) is 16.0 Å². The van der Waals surface area contributed by atoms with Gasteiger partial charge in [-0.05, 0) is 98.6 Å². The number of aryl methyl sites for hydroxylation is 1. The molecule has 11 atom stereocenters. The monoisotopic (exact) mass is 1540 g/mol. The van der Waals surface area contributed by atoms with E-state index in [9.17, 15) is 59.9 Å². The molecule has 4 heterocycles. The van der Waals surface area contributed by atoms with Crippen LogP contribution in [-0.4, -0.2) is 269 Å². The molecule has 5 aliphatic rings. The van der Waals surface area contributed by atoms with Crippen molar-refractivity contribution >= 4 is 70.9 Å². The van der Waals surface area contributed by atoms with Crippen LogP contribution in [0, 0.1) is 29.4 Å². The van der Waals surface area contributed by atoms with Crippen LogP contribution in [0.25, 0.3) is 0 Å². The Kier molecular flexibility index (Phi) is 28.3. The number of benzene rings is 2. The first kappa shape index (κ1) is 86.6. The van der Waals surface area contributed by atoms with E-state index in [-0.39, 0.29) is 89.3 Å². The lowest BCUT2D eigenvalue weighted by molar-refractivity contribution is -0.160. The molecular weight excluding hydrogens is 1440 g/mol. The number of alkyl halides is 8. The largest absolute Gasteiger partial charge is 0.422 e. The van der Waals surface area contributed by atoms with Crippen LogP contribution in [0.5, 0.6) is 0 Å². The van der Waals surface area contributed by atoms with E-state index in [0.29, 0.717) is 35.6 Å². The van der Waals surface area contributed by atoms with Gasteiger partial charge in [-0.3, -0.25) is 57.5 Å². The molecule has 0 radical (unpaired) electrons. The number of hydrogen-bond donors (Lipinski definition) is 3. The Morgan fingerprint density at radius 3 is 1.77 bits per heavy atom. The van der Waals surface area contributed by atoms with Gasteiger partial charge in [-0.25, -0.2) is 17.6 Å². The van der Waals surface area contributed by atoms with Crippen molar-refractivity contribution in [2.75, 3.05) is 88.2 Å². The summed E-state index contributed by atoms with van der Waals surface area (Å²) in [7, 11) is 7.32. The third-order valence-corrected chi connectivity index (χ3v) is 21.9. The van der Waals surface area contributed by atoms with E-state index in [1.807, 2.05) is 0 Å². The quantitative estimate of drug-likeness (QED) is 0.224. The number of halogens is 10. The molecule has 1 saturated carbocycles. The minimum absolute atomic E-state index is 0.00119. The summed E-state index contributed by atoms with van der Waals surface area (Å²) < 4.78 is 151. The van der Waals surface area contributed by atoms with Gasteiger partial charge in [0, 0.05) is 74.8 Å². The van der Waals surface area contributed by atoms with Crippen LogP contribution in [-0.2, 0) is 87.5 Å². The molecule has 1 spiro atoms. The van der Waals surface area contributed by atoms with Crippen molar-refractivity contribution < 1.29 is 106 Å². The molecule has 5 fully saturated rings. The maximum absolute atomic E-state index is 16.1. The molecule has 2 aromatic rings. The number of ether oxygens (including phenoxy) is 1. The molecule has 7 rings (SSSR count). The first-order valence-corrected chi connectivity index (χ1v) is 36.4. The first-order valence-electron chi connectivity index (χ1n) is 36.4. The van der Waals surface area contributed by atoms with Gasteiger partial charge in [0.15, 0.2) is 0 Å². The fraction of sp³-hybridized carbons (Fsp3) is 0.671. The number of amides is 12. The Balaban J connectivity index is 1.34. The number of hydrogen-bond acceptors (Lipinski definition) is 13. The number of rotatable bonds is 12. The number of carbonyl (C=O) groups is 12. The molecule has 3 N–H and O–H groups in total. The zero-order chi connectivity index (χ0) is 80.7. The van der Waals surface area contributed by atoms with Gasteiger partial charge in [0.05, 0.1) is 38.3 Å². The standard InChI is InChI=1S/C73H100F10N12O13/c1-14-41(5)58-67(105)88(9)43(7)62(100)94-27-24-50(94)65(103)90(11)52(35-44-18-21-46(22-19-44)72(78,79)80)64(102)87(8)38-55(96)84-49(23-20-45-33-47(74)57(48(75)34-45)73(81,82)83)63(101)95-39-71(76,77)37-54(95)61(99)86-70(25-16-17-26-70)69(107)92(13)59(42(6)15-2)68(106)91(12)53(66(104)93-28-30-108-31-29-93)36-56(97)89(10)51(32-40(3)4)60(98)85-58/h18-19,21-22,33-34,40-43,49-54,58-59H,14-17,20,23-32,35-39H2,1-13H3,(H,84,96)(H,85,98)(H,86,99)/t41-,42-,43-,49-,50-,51-,52-,53-,54-,58-,59-/m0/s1. The molecule has 600 valence electrons. The van der Waals surface area contributed by atoms with Gasteiger partial charge in [-0.15, -0.1) is 0 Å².